The van der Waals surface area contributed by atoms with Crippen molar-refractivity contribution in [2.75, 3.05) is 18.4 Å². The number of amides is 1. The Labute approximate surface area is 187 Å². The zero-order chi connectivity index (χ0) is 22.8. The summed E-state index contributed by atoms with van der Waals surface area (Å²) in [5.74, 6) is 1.32. The molecule has 2 aliphatic heterocycles. The minimum atomic E-state index is -1.82. The van der Waals surface area contributed by atoms with Crippen molar-refractivity contribution in [1.82, 2.24) is 10.2 Å². The second kappa shape index (κ2) is 9.13. The number of carbonyl (C=O) groups excluding carboxylic acids is 1. The second-order valence-electron chi connectivity index (χ2n) is 7.68. The first-order valence-electron chi connectivity index (χ1n) is 10.3. The first-order valence-corrected chi connectivity index (χ1v) is 11.4. The number of phenols is 1. The number of hydrogen-bond acceptors (Lipinski definition) is 7. The molecule has 1 fully saturated rings. The van der Waals surface area contributed by atoms with Crippen LogP contribution < -0.4 is 10.6 Å². The van der Waals surface area contributed by atoms with Gasteiger partial charge < -0.3 is 30.2 Å². The number of amidine groups is 2. The highest BCUT2D eigenvalue weighted by Gasteiger charge is 2.29. The van der Waals surface area contributed by atoms with E-state index < -0.39 is 17.3 Å². The van der Waals surface area contributed by atoms with Crippen LogP contribution in [0.1, 0.15) is 47.7 Å². The Morgan fingerprint density at radius 2 is 2.09 bits per heavy atom. The van der Waals surface area contributed by atoms with Gasteiger partial charge in [-0.15, -0.1) is 8.80 Å². The molecule has 1 aromatic carbocycles. The van der Waals surface area contributed by atoms with Crippen molar-refractivity contribution in [3.05, 3.63) is 47.4 Å². The van der Waals surface area contributed by atoms with Crippen LogP contribution in [0.3, 0.4) is 0 Å². The summed E-state index contributed by atoms with van der Waals surface area (Å²) < 4.78 is 25.7. The monoisotopic (exact) mass is 459 g/mol. The number of likely N-dealkylation sites (tertiary alicyclic amines) is 1. The molecule has 1 aromatic heterocycles. The molecule has 10 nitrogen and oxygen atoms in total. The number of phenolic OH excluding ortho intramolecular Hbond substituents is 1. The molecular weight excluding hydrogens is 434 g/mol. The van der Waals surface area contributed by atoms with Crippen LogP contribution in [-0.2, 0) is 11.2 Å². The lowest BCUT2D eigenvalue weighted by Gasteiger charge is -2.19. The van der Waals surface area contributed by atoms with Gasteiger partial charge in [-0.1, -0.05) is 13.0 Å². The standard InChI is InChI=1S/C21H25N5O5S/c1-3-15(17-8-7-12(2)31-17)22-19-20(25-32(30)24-19)23-16-6-4-5-14(18(16)28)21(29)26-10-9-13(27)11-26/h4-8,13,15,27-28H,3,9-11H2,1-2H3,(H,22,24)(H,23,25)/t13-,15-,32?/m1/s1. The summed E-state index contributed by atoms with van der Waals surface area (Å²) in [4.78, 5) is 14.3. The lowest BCUT2D eigenvalue weighted by molar-refractivity contribution is 0.0762. The maximum Gasteiger partial charge on any atom is 0.269 e. The Morgan fingerprint density at radius 1 is 1.31 bits per heavy atom. The van der Waals surface area contributed by atoms with Gasteiger partial charge in [-0.05, 0) is 44.0 Å². The van der Waals surface area contributed by atoms with Crippen LogP contribution in [0, 0.1) is 6.92 Å². The van der Waals surface area contributed by atoms with Gasteiger partial charge in [0.1, 0.15) is 11.5 Å². The smallest absolute Gasteiger partial charge is 0.269 e. The number of carbonyl (C=O) groups is 1. The van der Waals surface area contributed by atoms with E-state index in [0.29, 0.717) is 25.1 Å². The van der Waals surface area contributed by atoms with E-state index in [-0.39, 0.29) is 47.2 Å². The van der Waals surface area contributed by atoms with Gasteiger partial charge in [-0.25, -0.2) is 4.21 Å². The third kappa shape index (κ3) is 4.53. The van der Waals surface area contributed by atoms with Crippen molar-refractivity contribution >= 4 is 34.4 Å². The average molecular weight is 460 g/mol. The molecule has 0 bridgehead atoms. The fourth-order valence-electron chi connectivity index (χ4n) is 3.66. The maximum atomic E-state index is 12.8. The number of hydrogen-bond donors (Lipinski definition) is 4. The maximum absolute atomic E-state index is 12.8. The SMILES string of the molecule is CC[C@@H](NC1=NS(=O)N=C1Nc1cccc(C(=O)N2CC[C@@H](O)C2)c1O)c1ccc(C)o1. The molecule has 11 heteroatoms. The Balaban J connectivity index is 1.53. The summed E-state index contributed by atoms with van der Waals surface area (Å²) in [5, 5.41) is 26.5. The first kappa shape index (κ1) is 22.0. The number of aryl methyl sites for hydroxylation is 1. The second-order valence-corrected chi connectivity index (χ2v) is 8.51. The fourth-order valence-corrected chi connectivity index (χ4v) is 4.29. The predicted molar refractivity (Wildman–Crippen MR) is 121 cm³/mol. The van der Waals surface area contributed by atoms with Crippen LogP contribution in [0.4, 0.5) is 5.69 Å². The highest BCUT2D eigenvalue weighted by atomic mass is 32.2. The topological polar surface area (TPSA) is 140 Å². The predicted octanol–water partition coefficient (Wildman–Crippen LogP) is 2.04. The van der Waals surface area contributed by atoms with Gasteiger partial charge >= 0.3 is 0 Å². The third-order valence-corrected chi connectivity index (χ3v) is 6.03. The zero-order valence-electron chi connectivity index (χ0n) is 17.7. The normalized spacial score (nSPS) is 21.3. The molecule has 1 saturated heterocycles. The molecule has 0 spiro atoms. The van der Waals surface area contributed by atoms with E-state index in [4.69, 9.17) is 4.42 Å². The number of aliphatic hydroxyl groups is 1. The minimum absolute atomic E-state index is 0.104. The Morgan fingerprint density at radius 3 is 2.75 bits per heavy atom. The van der Waals surface area contributed by atoms with E-state index in [1.807, 2.05) is 26.0 Å². The summed E-state index contributed by atoms with van der Waals surface area (Å²) in [6.45, 7) is 4.48. The molecule has 3 atom stereocenters. The minimum Gasteiger partial charge on any atom is -0.505 e. The van der Waals surface area contributed by atoms with E-state index >= 15 is 0 Å². The van der Waals surface area contributed by atoms with E-state index in [9.17, 15) is 19.2 Å². The number of nitrogens with one attached hydrogen (secondary N) is 2. The highest BCUT2D eigenvalue weighted by Crippen LogP contribution is 2.30. The van der Waals surface area contributed by atoms with Gasteiger partial charge in [-0.3, -0.25) is 4.79 Å². The van der Waals surface area contributed by atoms with Gasteiger partial charge in [0.2, 0.25) is 0 Å². The summed E-state index contributed by atoms with van der Waals surface area (Å²) in [5.41, 5.74) is 0.331. The Hall–Kier alpha value is -3.18. The molecule has 1 amide bonds. The summed E-state index contributed by atoms with van der Waals surface area (Å²) in [6, 6.07) is 8.23. The van der Waals surface area contributed by atoms with Crippen LogP contribution in [0.15, 0.2) is 43.5 Å². The third-order valence-electron chi connectivity index (χ3n) is 5.36. The van der Waals surface area contributed by atoms with Gasteiger partial charge in [0.05, 0.1) is 23.4 Å². The van der Waals surface area contributed by atoms with E-state index in [1.165, 1.54) is 11.0 Å². The largest absolute Gasteiger partial charge is 0.505 e. The number of aliphatic hydroxyl groups excluding tert-OH is 1. The van der Waals surface area contributed by atoms with Crippen LogP contribution in [0.5, 0.6) is 5.75 Å². The molecule has 1 unspecified atom stereocenters. The quantitative estimate of drug-likeness (QED) is 0.502. The van der Waals surface area contributed by atoms with Crippen LogP contribution in [-0.4, -0.2) is 56.1 Å². The molecular formula is C21H25N5O5S. The van der Waals surface area contributed by atoms with Crippen LogP contribution in [0.2, 0.25) is 0 Å². The van der Waals surface area contributed by atoms with Crippen molar-refractivity contribution in [3.8, 4) is 5.75 Å². The van der Waals surface area contributed by atoms with Gasteiger partial charge in [0.15, 0.2) is 17.4 Å². The molecule has 2 aliphatic rings. The van der Waals surface area contributed by atoms with Gasteiger partial charge in [-0.2, -0.15) is 0 Å². The number of aromatic hydroxyl groups is 1. The van der Waals surface area contributed by atoms with Crippen molar-refractivity contribution in [1.29, 1.82) is 0 Å². The van der Waals surface area contributed by atoms with E-state index in [0.717, 1.165) is 5.76 Å². The van der Waals surface area contributed by atoms with E-state index in [1.54, 1.807) is 12.1 Å². The Bertz CT molecular complexity index is 1110. The lowest BCUT2D eigenvalue weighted by atomic mass is 10.1. The number of furan rings is 1. The summed E-state index contributed by atoms with van der Waals surface area (Å²) >= 11 is -1.82. The van der Waals surface area contributed by atoms with Crippen LogP contribution in [0.25, 0.3) is 0 Å². The van der Waals surface area contributed by atoms with Crippen molar-refractivity contribution in [2.45, 2.75) is 38.8 Å². The fraction of sp³-hybridized carbons (Fsp3) is 0.381. The number of rotatable bonds is 5. The molecule has 4 rings (SSSR count). The molecule has 3 heterocycles. The molecule has 170 valence electrons. The van der Waals surface area contributed by atoms with E-state index in [2.05, 4.69) is 19.4 Å². The lowest BCUT2D eigenvalue weighted by Crippen LogP contribution is -2.36. The number of benzene rings is 1. The van der Waals surface area contributed by atoms with Crippen molar-refractivity contribution in [3.63, 3.8) is 0 Å². The molecule has 0 aliphatic carbocycles. The van der Waals surface area contributed by atoms with Crippen LogP contribution >= 0.6 is 0 Å². The first-order chi connectivity index (χ1) is 15.4. The number of anilines is 1. The van der Waals surface area contributed by atoms with Crippen molar-refractivity contribution in [2.24, 2.45) is 8.80 Å². The highest BCUT2D eigenvalue weighted by molar-refractivity contribution is 7.83. The Kier molecular flexibility index (Phi) is 6.28. The van der Waals surface area contributed by atoms with Gasteiger partial charge in [0, 0.05) is 13.1 Å². The zero-order valence-corrected chi connectivity index (χ0v) is 18.6. The number of β-amino-alcohol motifs (C(OH)–C–C–N with tert-alkyl or cyclic N) is 1. The molecule has 4 N–H and O–H groups in total. The molecule has 32 heavy (non-hydrogen) atoms. The van der Waals surface area contributed by atoms with Gasteiger partial charge in [0.25, 0.3) is 17.1 Å². The number of nitrogens with zero attached hydrogens (tertiary/aromatic N) is 3. The molecule has 2 aromatic rings. The summed E-state index contributed by atoms with van der Waals surface area (Å²) in [7, 11) is 0. The summed E-state index contributed by atoms with van der Waals surface area (Å²) in [6.07, 6.45) is 0.634. The molecule has 0 saturated carbocycles. The molecule has 0 radical (unpaired) electrons. The average Bonchev–Trinajstić information content (AvgIpc) is 3.47. The van der Waals surface area contributed by atoms with Crippen molar-refractivity contribution < 1.29 is 23.6 Å². The number of para-hydroxylation sites is 1.